The van der Waals surface area contributed by atoms with Crippen LogP contribution in [0.2, 0.25) is 0 Å². The molecule has 24 heavy (non-hydrogen) atoms. The topological polar surface area (TPSA) is 75.6 Å². The molecule has 2 unspecified atom stereocenters. The number of fused-ring (bicyclic) bond motifs is 1. The molecular formula is C18H26N2O3S. The van der Waals surface area contributed by atoms with Crippen LogP contribution in [0.4, 0.5) is 4.79 Å². The molecule has 132 valence electrons. The second kappa shape index (κ2) is 6.24. The Hall–Kier alpha value is -1.24. The summed E-state index contributed by atoms with van der Waals surface area (Å²) in [6.07, 6.45) is 2.19. The summed E-state index contributed by atoms with van der Waals surface area (Å²) in [5.74, 6) is 0. The predicted molar refractivity (Wildman–Crippen MR) is 95.1 cm³/mol. The van der Waals surface area contributed by atoms with Crippen LogP contribution in [-0.4, -0.2) is 38.1 Å². The molecule has 2 N–H and O–H groups in total. The summed E-state index contributed by atoms with van der Waals surface area (Å²) < 4.78 is 15.2. The van der Waals surface area contributed by atoms with E-state index in [1.165, 1.54) is 16.0 Å². The fourth-order valence-corrected chi connectivity index (χ4v) is 4.68. The molecule has 0 radical (unpaired) electrons. The molecule has 1 heterocycles. The molecule has 5 nitrogen and oxygen atoms in total. The van der Waals surface area contributed by atoms with E-state index in [9.17, 15) is 14.5 Å². The fraction of sp³-hybridized carbons (Fsp3) is 0.611. The van der Waals surface area contributed by atoms with E-state index < -0.39 is 28.4 Å². The van der Waals surface area contributed by atoms with Gasteiger partial charge < -0.3 is 9.66 Å². The standard InChI is InChI=1S/C18H26N2O3S/c1-17(2,3)24(23)19-15-12-18(8-9-20(15)16(21)22)10-13-6-4-5-7-14(13)11-18/h4-7,15,19H,8-12H2,1-3H3,(H,21,22). The van der Waals surface area contributed by atoms with Gasteiger partial charge in [-0.25, -0.2) is 4.79 Å². The van der Waals surface area contributed by atoms with Crippen molar-refractivity contribution in [3.63, 3.8) is 0 Å². The second-order valence-corrected chi connectivity index (χ2v) is 10.1. The lowest BCUT2D eigenvalue weighted by atomic mass is 9.75. The quantitative estimate of drug-likeness (QED) is 0.804. The third-order valence-corrected chi connectivity index (χ3v) is 6.78. The van der Waals surface area contributed by atoms with Gasteiger partial charge in [0.2, 0.25) is 0 Å². The molecule has 6 heteroatoms. The third-order valence-electron chi connectivity index (χ3n) is 5.18. The fourth-order valence-electron chi connectivity index (χ4n) is 3.86. The Morgan fingerprint density at radius 2 is 1.92 bits per heavy atom. The molecule has 0 saturated carbocycles. The molecule has 1 saturated heterocycles. The first kappa shape index (κ1) is 17.6. The van der Waals surface area contributed by atoms with Crippen molar-refractivity contribution in [1.29, 1.82) is 0 Å². The summed E-state index contributed by atoms with van der Waals surface area (Å²) in [6, 6.07) is 8.47. The minimum atomic E-state index is -1.29. The first-order valence-corrected chi connectivity index (χ1v) is 9.60. The van der Waals surface area contributed by atoms with Gasteiger partial charge in [-0.3, -0.25) is 4.90 Å². The molecule has 1 amide bonds. The van der Waals surface area contributed by atoms with Crippen molar-refractivity contribution in [2.75, 3.05) is 6.54 Å². The molecule has 1 aliphatic heterocycles. The van der Waals surface area contributed by atoms with Crippen LogP contribution >= 0.6 is 0 Å². The first-order valence-electron chi connectivity index (χ1n) is 8.45. The smallest absolute Gasteiger partial charge is 0.408 e. The van der Waals surface area contributed by atoms with Crippen molar-refractivity contribution in [2.45, 2.75) is 57.4 Å². The molecule has 1 aromatic carbocycles. The molecule has 1 spiro atoms. The van der Waals surface area contributed by atoms with E-state index in [0.717, 1.165) is 19.3 Å². The molecular weight excluding hydrogens is 324 g/mol. The van der Waals surface area contributed by atoms with Crippen LogP contribution in [0.15, 0.2) is 24.3 Å². The third kappa shape index (κ3) is 3.41. The van der Waals surface area contributed by atoms with Crippen LogP contribution in [0.3, 0.4) is 0 Å². The summed E-state index contributed by atoms with van der Waals surface area (Å²) in [7, 11) is 0. The van der Waals surface area contributed by atoms with Crippen LogP contribution in [0, 0.1) is 5.41 Å². The van der Waals surface area contributed by atoms with E-state index in [0.29, 0.717) is 13.0 Å². The number of hydrogen-bond acceptors (Lipinski definition) is 3. The van der Waals surface area contributed by atoms with E-state index in [1.54, 1.807) is 0 Å². The van der Waals surface area contributed by atoms with Crippen molar-refractivity contribution < 1.29 is 14.5 Å². The van der Waals surface area contributed by atoms with Gasteiger partial charge in [-0.05, 0) is 63.0 Å². The van der Waals surface area contributed by atoms with Crippen molar-refractivity contribution in [3.05, 3.63) is 35.4 Å². The Kier molecular flexibility index (Phi) is 4.57. The van der Waals surface area contributed by atoms with Crippen LogP contribution in [-0.2, 0) is 24.2 Å². The van der Waals surface area contributed by atoms with E-state index in [1.807, 2.05) is 20.8 Å². The van der Waals surface area contributed by atoms with Gasteiger partial charge in [-0.2, -0.15) is 0 Å². The highest BCUT2D eigenvalue weighted by Crippen LogP contribution is 2.46. The molecule has 2 aliphatic rings. The van der Waals surface area contributed by atoms with Crippen molar-refractivity contribution in [2.24, 2.45) is 5.41 Å². The van der Waals surface area contributed by atoms with Crippen LogP contribution in [0.25, 0.3) is 0 Å². The minimum absolute atomic E-state index is 0.0788. The Morgan fingerprint density at radius 1 is 1.33 bits per heavy atom. The average molecular weight is 350 g/mol. The van der Waals surface area contributed by atoms with Crippen molar-refractivity contribution >= 4 is 17.5 Å². The predicted octanol–water partition coefficient (Wildman–Crippen LogP) is 2.92. The van der Waals surface area contributed by atoms with Crippen molar-refractivity contribution in [1.82, 2.24) is 9.62 Å². The zero-order chi connectivity index (χ0) is 17.5. The highest BCUT2D eigenvalue weighted by Gasteiger charge is 2.47. The average Bonchev–Trinajstić information content (AvgIpc) is 2.83. The summed E-state index contributed by atoms with van der Waals surface area (Å²) >= 11 is -1.29. The zero-order valence-corrected chi connectivity index (χ0v) is 15.4. The lowest BCUT2D eigenvalue weighted by Crippen LogP contribution is -2.59. The number of nitrogens with one attached hydrogen (secondary N) is 1. The lowest BCUT2D eigenvalue weighted by Gasteiger charge is -2.44. The zero-order valence-electron chi connectivity index (χ0n) is 14.5. The van der Waals surface area contributed by atoms with Crippen molar-refractivity contribution in [3.8, 4) is 0 Å². The van der Waals surface area contributed by atoms with Crippen LogP contribution in [0.5, 0.6) is 0 Å². The summed E-state index contributed by atoms with van der Waals surface area (Å²) in [5.41, 5.74) is 2.82. The number of nitrogens with zero attached hydrogens (tertiary/aromatic N) is 1. The van der Waals surface area contributed by atoms with Crippen LogP contribution < -0.4 is 4.72 Å². The molecule has 2 atom stereocenters. The molecule has 1 aliphatic carbocycles. The van der Waals surface area contributed by atoms with Gasteiger partial charge in [-0.15, -0.1) is 4.72 Å². The van der Waals surface area contributed by atoms with Gasteiger partial charge >= 0.3 is 6.09 Å². The second-order valence-electron chi connectivity index (χ2n) is 8.07. The number of likely N-dealkylation sites (tertiary alicyclic amines) is 1. The largest absolute Gasteiger partial charge is 0.598 e. The van der Waals surface area contributed by atoms with E-state index >= 15 is 0 Å². The monoisotopic (exact) mass is 350 g/mol. The number of amides is 1. The van der Waals surface area contributed by atoms with Crippen LogP contribution in [0.1, 0.15) is 44.7 Å². The Balaban J connectivity index is 1.79. The Labute approximate surface area is 146 Å². The van der Waals surface area contributed by atoms with Gasteiger partial charge in [0.05, 0.1) is 0 Å². The maximum Gasteiger partial charge on any atom is 0.408 e. The summed E-state index contributed by atoms with van der Waals surface area (Å²) in [5, 5.41) is 9.52. The highest BCUT2D eigenvalue weighted by atomic mass is 32.2. The van der Waals surface area contributed by atoms with E-state index in [4.69, 9.17) is 0 Å². The molecule has 0 aromatic heterocycles. The van der Waals surface area contributed by atoms with E-state index in [2.05, 4.69) is 29.0 Å². The number of piperidine rings is 1. The molecule has 0 bridgehead atoms. The summed E-state index contributed by atoms with van der Waals surface area (Å²) in [6.45, 7) is 6.17. The maximum absolute atomic E-state index is 12.5. The van der Waals surface area contributed by atoms with Gasteiger partial charge in [0.25, 0.3) is 0 Å². The molecule has 1 aromatic rings. The Bertz CT molecular complexity index is 604. The molecule has 1 fully saturated rings. The summed E-state index contributed by atoms with van der Waals surface area (Å²) in [4.78, 5) is 13.0. The van der Waals surface area contributed by atoms with Gasteiger partial charge in [0.15, 0.2) is 0 Å². The first-order chi connectivity index (χ1) is 11.2. The van der Waals surface area contributed by atoms with Gasteiger partial charge in [0, 0.05) is 17.9 Å². The van der Waals surface area contributed by atoms with E-state index in [-0.39, 0.29) is 5.41 Å². The minimum Gasteiger partial charge on any atom is -0.598 e. The number of rotatable bonds is 2. The number of benzene rings is 1. The number of hydrogen-bond donors (Lipinski definition) is 2. The lowest BCUT2D eigenvalue weighted by molar-refractivity contribution is 0.0487. The number of carboxylic acid groups (broad SMARTS) is 1. The van der Waals surface area contributed by atoms with Gasteiger partial charge in [-0.1, -0.05) is 24.3 Å². The Morgan fingerprint density at radius 3 is 2.42 bits per heavy atom. The SMILES string of the molecule is CC(C)(C)[S+]([O-])NC1CC2(CCN1C(=O)O)Cc1ccccc1C2. The highest BCUT2D eigenvalue weighted by molar-refractivity contribution is 7.90. The molecule has 3 rings (SSSR count). The maximum atomic E-state index is 12.5. The normalized spacial score (nSPS) is 24.0. The van der Waals surface area contributed by atoms with Gasteiger partial charge in [0.1, 0.15) is 10.9 Å². The number of carbonyl (C=O) groups is 1.